The first-order valence-electron chi connectivity index (χ1n) is 6.95. The molecule has 0 bridgehead atoms. The summed E-state index contributed by atoms with van der Waals surface area (Å²) in [7, 11) is 0. The highest BCUT2D eigenvalue weighted by atomic mass is 79.9. The number of hydrogen-bond donors (Lipinski definition) is 2. The largest absolute Gasteiger partial charge is 0.388 e. The van der Waals surface area contributed by atoms with Crippen LogP contribution in [0.25, 0.3) is 5.69 Å². The van der Waals surface area contributed by atoms with Gasteiger partial charge in [-0.15, -0.1) is 0 Å². The lowest BCUT2D eigenvalue weighted by molar-refractivity contribution is 0.0675. The Labute approximate surface area is 137 Å². The number of halogens is 1. The van der Waals surface area contributed by atoms with Crippen LogP contribution >= 0.6 is 27.7 Å². The van der Waals surface area contributed by atoms with Gasteiger partial charge in [-0.25, -0.2) is 4.68 Å². The van der Waals surface area contributed by atoms with Gasteiger partial charge in [-0.1, -0.05) is 15.9 Å². The average Bonchev–Trinajstić information content (AvgIpc) is 3.10. The van der Waals surface area contributed by atoms with Gasteiger partial charge < -0.3 is 10.4 Å². The standard InChI is InChI=1S/C15H18BrN3OS/c16-13-1-3-14(4-2-13)19-9-12(8-18-19)7-17-10-15(20)5-6-21-11-15/h1-4,8-9,17,20H,5-7,10-11H2. The lowest BCUT2D eigenvalue weighted by Crippen LogP contribution is -2.40. The zero-order valence-corrected chi connectivity index (χ0v) is 14.0. The van der Waals surface area contributed by atoms with Crippen LogP contribution in [0.2, 0.25) is 0 Å². The van der Waals surface area contributed by atoms with Gasteiger partial charge in [0.25, 0.3) is 0 Å². The van der Waals surface area contributed by atoms with Gasteiger partial charge in [0.05, 0.1) is 17.5 Å². The minimum atomic E-state index is -0.535. The molecule has 21 heavy (non-hydrogen) atoms. The van der Waals surface area contributed by atoms with E-state index in [0.717, 1.165) is 40.2 Å². The van der Waals surface area contributed by atoms with Gasteiger partial charge in [-0.3, -0.25) is 0 Å². The van der Waals surface area contributed by atoms with E-state index in [4.69, 9.17) is 0 Å². The van der Waals surface area contributed by atoms with Crippen molar-refractivity contribution in [1.29, 1.82) is 0 Å². The molecule has 2 heterocycles. The number of nitrogens with zero attached hydrogens (tertiary/aromatic N) is 2. The predicted molar refractivity (Wildman–Crippen MR) is 89.9 cm³/mol. The molecule has 0 aliphatic carbocycles. The predicted octanol–water partition coefficient (Wildman–Crippen LogP) is 2.59. The number of benzene rings is 1. The van der Waals surface area contributed by atoms with Crippen molar-refractivity contribution in [3.05, 3.63) is 46.7 Å². The molecule has 112 valence electrons. The fourth-order valence-electron chi connectivity index (χ4n) is 2.36. The molecule has 1 fully saturated rings. The van der Waals surface area contributed by atoms with E-state index in [0.29, 0.717) is 6.54 Å². The van der Waals surface area contributed by atoms with E-state index in [9.17, 15) is 5.11 Å². The molecule has 3 rings (SSSR count). The summed E-state index contributed by atoms with van der Waals surface area (Å²) in [5.41, 5.74) is 1.62. The normalized spacial score (nSPS) is 21.8. The van der Waals surface area contributed by atoms with Crippen LogP contribution in [0, 0.1) is 0 Å². The van der Waals surface area contributed by atoms with E-state index in [-0.39, 0.29) is 0 Å². The first-order valence-corrected chi connectivity index (χ1v) is 8.90. The van der Waals surface area contributed by atoms with E-state index >= 15 is 0 Å². The number of aliphatic hydroxyl groups is 1. The quantitative estimate of drug-likeness (QED) is 0.852. The molecule has 2 N–H and O–H groups in total. The van der Waals surface area contributed by atoms with E-state index in [2.05, 4.69) is 26.3 Å². The zero-order chi connectivity index (χ0) is 14.7. The Hall–Kier alpha value is -0.820. The molecule has 0 saturated carbocycles. The summed E-state index contributed by atoms with van der Waals surface area (Å²) >= 11 is 5.25. The van der Waals surface area contributed by atoms with Crippen molar-refractivity contribution in [2.24, 2.45) is 0 Å². The number of thioether (sulfide) groups is 1. The van der Waals surface area contributed by atoms with Crippen LogP contribution in [0.3, 0.4) is 0 Å². The molecule has 1 unspecified atom stereocenters. The molecule has 6 heteroatoms. The van der Waals surface area contributed by atoms with Gasteiger partial charge in [0.1, 0.15) is 0 Å². The average molecular weight is 368 g/mol. The molecular weight excluding hydrogens is 350 g/mol. The SMILES string of the molecule is OC1(CNCc2cnn(-c3ccc(Br)cc3)c2)CCSC1. The van der Waals surface area contributed by atoms with Gasteiger partial charge in [0, 0.05) is 35.1 Å². The third-order valence-electron chi connectivity index (χ3n) is 3.59. The zero-order valence-electron chi connectivity index (χ0n) is 11.6. The Bertz CT molecular complexity index is 593. The number of rotatable bonds is 5. The van der Waals surface area contributed by atoms with Crippen LogP contribution in [-0.2, 0) is 6.54 Å². The molecule has 1 saturated heterocycles. The molecule has 0 spiro atoms. The summed E-state index contributed by atoms with van der Waals surface area (Å²) in [4.78, 5) is 0. The fraction of sp³-hybridized carbons (Fsp3) is 0.400. The number of nitrogens with one attached hydrogen (secondary N) is 1. The Morgan fingerprint density at radius 2 is 2.19 bits per heavy atom. The maximum Gasteiger partial charge on any atom is 0.0869 e. The third-order valence-corrected chi connectivity index (χ3v) is 5.36. The van der Waals surface area contributed by atoms with Gasteiger partial charge in [0.15, 0.2) is 0 Å². The van der Waals surface area contributed by atoms with Crippen molar-refractivity contribution in [3.63, 3.8) is 0 Å². The summed E-state index contributed by atoms with van der Waals surface area (Å²) in [5.74, 6) is 1.89. The van der Waals surface area contributed by atoms with Gasteiger partial charge in [-0.2, -0.15) is 16.9 Å². The molecule has 0 amide bonds. The van der Waals surface area contributed by atoms with Crippen molar-refractivity contribution in [1.82, 2.24) is 15.1 Å². The molecule has 0 radical (unpaired) electrons. The molecular formula is C15H18BrN3OS. The molecule has 4 nitrogen and oxygen atoms in total. The minimum absolute atomic E-state index is 0.535. The second-order valence-corrected chi connectivity index (χ2v) is 7.42. The first kappa shape index (κ1) is 15.1. The summed E-state index contributed by atoms with van der Waals surface area (Å²) in [6.07, 6.45) is 4.76. The Morgan fingerprint density at radius 1 is 1.38 bits per heavy atom. The van der Waals surface area contributed by atoms with Crippen LogP contribution in [0.15, 0.2) is 41.1 Å². The molecule has 1 aliphatic heterocycles. The van der Waals surface area contributed by atoms with Crippen molar-refractivity contribution < 1.29 is 5.11 Å². The van der Waals surface area contributed by atoms with Crippen LogP contribution in [0.4, 0.5) is 0 Å². The van der Waals surface area contributed by atoms with Gasteiger partial charge in [-0.05, 0) is 36.4 Å². The highest BCUT2D eigenvalue weighted by Crippen LogP contribution is 2.27. The Kier molecular flexibility index (Phi) is 4.69. The maximum atomic E-state index is 10.3. The Balaban J connectivity index is 1.56. The smallest absolute Gasteiger partial charge is 0.0869 e. The fourth-order valence-corrected chi connectivity index (χ4v) is 3.92. The monoisotopic (exact) mass is 367 g/mol. The first-order chi connectivity index (χ1) is 10.1. The van der Waals surface area contributed by atoms with E-state index in [1.807, 2.05) is 53.1 Å². The van der Waals surface area contributed by atoms with Crippen molar-refractivity contribution in [2.45, 2.75) is 18.6 Å². The molecule has 1 aliphatic rings. The lowest BCUT2D eigenvalue weighted by Gasteiger charge is -2.21. The van der Waals surface area contributed by atoms with Crippen molar-refractivity contribution in [3.8, 4) is 5.69 Å². The summed E-state index contributed by atoms with van der Waals surface area (Å²) in [6, 6.07) is 8.05. The van der Waals surface area contributed by atoms with Crippen LogP contribution in [0.1, 0.15) is 12.0 Å². The van der Waals surface area contributed by atoms with Crippen molar-refractivity contribution in [2.75, 3.05) is 18.1 Å². The second-order valence-electron chi connectivity index (χ2n) is 5.40. The van der Waals surface area contributed by atoms with Gasteiger partial charge >= 0.3 is 0 Å². The number of hydrogen-bond acceptors (Lipinski definition) is 4. The van der Waals surface area contributed by atoms with Crippen LogP contribution in [0.5, 0.6) is 0 Å². The maximum absolute atomic E-state index is 10.3. The summed E-state index contributed by atoms with van der Waals surface area (Å²) < 4.78 is 2.92. The van der Waals surface area contributed by atoms with Crippen molar-refractivity contribution >= 4 is 27.7 Å². The lowest BCUT2D eigenvalue weighted by atomic mass is 10.0. The highest BCUT2D eigenvalue weighted by molar-refractivity contribution is 9.10. The molecule has 1 atom stereocenters. The Morgan fingerprint density at radius 3 is 2.90 bits per heavy atom. The topological polar surface area (TPSA) is 50.1 Å². The summed E-state index contributed by atoms with van der Waals surface area (Å²) in [5, 5.41) is 18.0. The number of aromatic nitrogens is 2. The second kappa shape index (κ2) is 6.52. The summed E-state index contributed by atoms with van der Waals surface area (Å²) in [6.45, 7) is 1.37. The third kappa shape index (κ3) is 3.88. The van der Waals surface area contributed by atoms with E-state index < -0.39 is 5.60 Å². The van der Waals surface area contributed by atoms with E-state index in [1.54, 1.807) is 0 Å². The van der Waals surface area contributed by atoms with Crippen LogP contribution in [-0.4, -0.2) is 38.5 Å². The van der Waals surface area contributed by atoms with Crippen LogP contribution < -0.4 is 5.32 Å². The van der Waals surface area contributed by atoms with E-state index in [1.165, 1.54) is 0 Å². The molecule has 1 aromatic heterocycles. The highest BCUT2D eigenvalue weighted by Gasteiger charge is 2.30. The van der Waals surface area contributed by atoms with Gasteiger partial charge in [0.2, 0.25) is 0 Å². The molecule has 2 aromatic rings. The molecule has 1 aromatic carbocycles. The minimum Gasteiger partial charge on any atom is -0.388 e.